The Bertz CT molecular complexity index is 305. The zero-order valence-electron chi connectivity index (χ0n) is 14.3. The predicted molar refractivity (Wildman–Crippen MR) is 84.5 cm³/mol. The second-order valence-corrected chi connectivity index (χ2v) is 7.10. The topological polar surface area (TPSA) is 35.6 Å². The summed E-state index contributed by atoms with van der Waals surface area (Å²) < 4.78 is 0. The fraction of sp³-hybridized carbons (Fsp3) is 0.938. The van der Waals surface area contributed by atoms with Crippen LogP contribution in [0.3, 0.4) is 0 Å². The highest BCUT2D eigenvalue weighted by molar-refractivity contribution is 5.85. The first-order valence-electron chi connectivity index (χ1n) is 8.00. The molecule has 1 heterocycles. The molecule has 0 aliphatic carbocycles. The van der Waals surface area contributed by atoms with Crippen LogP contribution in [0.1, 0.15) is 47.5 Å². The minimum Gasteiger partial charge on any atom is -0.322 e. The van der Waals surface area contributed by atoms with Gasteiger partial charge in [0.05, 0.1) is 12.2 Å². The SMILES string of the molecule is CCC1NC(C(C)C)C(=O)N1C(CC(C)C)CN(C)C. The fourth-order valence-corrected chi connectivity index (χ4v) is 3.14. The zero-order valence-corrected chi connectivity index (χ0v) is 14.3. The van der Waals surface area contributed by atoms with Crippen LogP contribution in [0.15, 0.2) is 0 Å². The Morgan fingerprint density at radius 2 is 1.85 bits per heavy atom. The van der Waals surface area contributed by atoms with Gasteiger partial charge in [-0.1, -0.05) is 34.6 Å². The third kappa shape index (κ3) is 4.19. The molecular weight excluding hydrogens is 250 g/mol. The maximum atomic E-state index is 12.8. The molecule has 4 heteroatoms. The van der Waals surface area contributed by atoms with Crippen molar-refractivity contribution in [3.8, 4) is 0 Å². The minimum atomic E-state index is -0.0169. The van der Waals surface area contributed by atoms with E-state index in [0.29, 0.717) is 23.8 Å². The molecule has 1 fully saturated rings. The molecule has 4 nitrogen and oxygen atoms in total. The summed E-state index contributed by atoms with van der Waals surface area (Å²) in [5, 5.41) is 3.52. The van der Waals surface area contributed by atoms with Gasteiger partial charge in [0.1, 0.15) is 0 Å². The van der Waals surface area contributed by atoms with Gasteiger partial charge in [0.25, 0.3) is 0 Å². The van der Waals surface area contributed by atoms with Crippen molar-refractivity contribution in [3.63, 3.8) is 0 Å². The number of nitrogens with one attached hydrogen (secondary N) is 1. The molecule has 1 aliphatic heterocycles. The number of hydrogen-bond donors (Lipinski definition) is 1. The van der Waals surface area contributed by atoms with Gasteiger partial charge in [0.15, 0.2) is 0 Å². The summed E-state index contributed by atoms with van der Waals surface area (Å²) in [6.45, 7) is 11.8. The van der Waals surface area contributed by atoms with Gasteiger partial charge in [0, 0.05) is 12.6 Å². The summed E-state index contributed by atoms with van der Waals surface area (Å²) in [5.41, 5.74) is 0. The molecule has 1 N–H and O–H groups in total. The van der Waals surface area contributed by atoms with E-state index in [9.17, 15) is 4.79 Å². The number of amides is 1. The van der Waals surface area contributed by atoms with E-state index in [4.69, 9.17) is 0 Å². The highest BCUT2D eigenvalue weighted by Gasteiger charge is 2.42. The summed E-state index contributed by atoms with van der Waals surface area (Å²) in [7, 11) is 4.17. The second-order valence-electron chi connectivity index (χ2n) is 7.10. The molecule has 1 rings (SSSR count). The van der Waals surface area contributed by atoms with Crippen LogP contribution in [-0.4, -0.2) is 54.6 Å². The van der Waals surface area contributed by atoms with Crippen molar-refractivity contribution < 1.29 is 4.79 Å². The molecule has 0 aromatic rings. The van der Waals surface area contributed by atoms with Crippen molar-refractivity contribution >= 4 is 5.91 Å². The normalized spacial score (nSPS) is 25.3. The fourth-order valence-electron chi connectivity index (χ4n) is 3.14. The average Bonchev–Trinajstić information content (AvgIpc) is 2.64. The monoisotopic (exact) mass is 283 g/mol. The van der Waals surface area contributed by atoms with Gasteiger partial charge in [-0.25, -0.2) is 0 Å². The molecule has 0 bridgehead atoms. The largest absolute Gasteiger partial charge is 0.322 e. The van der Waals surface area contributed by atoms with E-state index in [2.05, 4.69) is 63.8 Å². The number of carbonyl (C=O) groups excluding carboxylic acids is 1. The zero-order chi connectivity index (χ0) is 15.4. The molecule has 1 amide bonds. The molecule has 1 aliphatic rings. The van der Waals surface area contributed by atoms with Crippen LogP contribution in [-0.2, 0) is 4.79 Å². The van der Waals surface area contributed by atoms with Crippen molar-refractivity contribution in [3.05, 3.63) is 0 Å². The summed E-state index contributed by atoms with van der Waals surface area (Å²) in [6, 6.07) is 0.287. The molecule has 20 heavy (non-hydrogen) atoms. The van der Waals surface area contributed by atoms with Crippen LogP contribution in [0.5, 0.6) is 0 Å². The highest BCUT2D eigenvalue weighted by atomic mass is 16.2. The summed E-state index contributed by atoms with van der Waals surface area (Å²) >= 11 is 0. The Hall–Kier alpha value is -0.610. The number of nitrogens with zero attached hydrogens (tertiary/aromatic N) is 2. The predicted octanol–water partition coefficient (Wildman–Crippen LogP) is 2.16. The quantitative estimate of drug-likeness (QED) is 0.778. The first-order chi connectivity index (χ1) is 9.27. The van der Waals surface area contributed by atoms with Gasteiger partial charge in [-0.2, -0.15) is 0 Å². The maximum Gasteiger partial charge on any atom is 0.241 e. The summed E-state index contributed by atoms with van der Waals surface area (Å²) in [6.07, 6.45) is 2.22. The van der Waals surface area contributed by atoms with Crippen LogP contribution in [0.4, 0.5) is 0 Å². The van der Waals surface area contributed by atoms with E-state index < -0.39 is 0 Å². The van der Waals surface area contributed by atoms with Gasteiger partial charge in [-0.05, 0) is 38.8 Å². The molecule has 118 valence electrons. The minimum absolute atomic E-state index is 0.0169. The molecule has 3 atom stereocenters. The van der Waals surface area contributed by atoms with Crippen LogP contribution < -0.4 is 5.32 Å². The Morgan fingerprint density at radius 1 is 1.25 bits per heavy atom. The molecule has 0 spiro atoms. The standard InChI is InChI=1S/C16H33N3O/c1-8-14-17-15(12(4)5)16(20)19(14)13(9-11(2)3)10-18(6)7/h11-15,17H,8-10H2,1-7H3. The van der Waals surface area contributed by atoms with Gasteiger partial charge < -0.3 is 9.80 Å². The first kappa shape index (κ1) is 17.4. The Balaban J connectivity index is 2.93. The van der Waals surface area contributed by atoms with Gasteiger partial charge in [-0.3, -0.25) is 10.1 Å². The van der Waals surface area contributed by atoms with Crippen LogP contribution in [0, 0.1) is 11.8 Å². The maximum absolute atomic E-state index is 12.8. The molecular formula is C16H33N3O. The number of carbonyl (C=O) groups is 1. The molecule has 0 saturated carbocycles. The molecule has 3 unspecified atom stereocenters. The number of likely N-dealkylation sites (N-methyl/N-ethyl adjacent to an activating group) is 1. The first-order valence-corrected chi connectivity index (χ1v) is 8.00. The highest BCUT2D eigenvalue weighted by Crippen LogP contribution is 2.24. The van der Waals surface area contributed by atoms with E-state index in [0.717, 1.165) is 19.4 Å². The van der Waals surface area contributed by atoms with Crippen molar-refractivity contribution in [2.24, 2.45) is 11.8 Å². The van der Waals surface area contributed by atoms with E-state index in [1.54, 1.807) is 0 Å². The lowest BCUT2D eigenvalue weighted by Crippen LogP contribution is -2.49. The van der Waals surface area contributed by atoms with Crippen molar-refractivity contribution in [2.75, 3.05) is 20.6 Å². The van der Waals surface area contributed by atoms with Gasteiger partial charge in [-0.15, -0.1) is 0 Å². The van der Waals surface area contributed by atoms with Crippen LogP contribution in [0.25, 0.3) is 0 Å². The van der Waals surface area contributed by atoms with Crippen molar-refractivity contribution in [1.29, 1.82) is 0 Å². The Labute approximate surface area is 124 Å². The smallest absolute Gasteiger partial charge is 0.241 e. The summed E-state index contributed by atoms with van der Waals surface area (Å²) in [4.78, 5) is 17.1. The van der Waals surface area contributed by atoms with Gasteiger partial charge >= 0.3 is 0 Å². The van der Waals surface area contributed by atoms with Gasteiger partial charge in [0.2, 0.25) is 5.91 Å². The number of hydrogen-bond acceptors (Lipinski definition) is 3. The average molecular weight is 283 g/mol. The third-order valence-electron chi connectivity index (χ3n) is 3.99. The van der Waals surface area contributed by atoms with E-state index >= 15 is 0 Å². The second kappa shape index (κ2) is 7.41. The molecule has 0 radical (unpaired) electrons. The van der Waals surface area contributed by atoms with E-state index in [-0.39, 0.29) is 12.2 Å². The van der Waals surface area contributed by atoms with E-state index in [1.807, 2.05) is 0 Å². The van der Waals surface area contributed by atoms with Crippen molar-refractivity contribution in [2.45, 2.75) is 65.7 Å². The molecule has 0 aromatic heterocycles. The Morgan fingerprint density at radius 3 is 2.25 bits per heavy atom. The van der Waals surface area contributed by atoms with Crippen molar-refractivity contribution in [1.82, 2.24) is 15.1 Å². The molecule has 1 saturated heterocycles. The number of rotatable bonds is 7. The van der Waals surface area contributed by atoms with Crippen LogP contribution >= 0.6 is 0 Å². The Kier molecular flexibility index (Phi) is 6.46. The van der Waals surface area contributed by atoms with Crippen LogP contribution in [0.2, 0.25) is 0 Å². The summed E-state index contributed by atoms with van der Waals surface area (Å²) in [5.74, 6) is 1.24. The lowest BCUT2D eigenvalue weighted by atomic mass is 10.00. The molecule has 0 aromatic carbocycles. The van der Waals surface area contributed by atoms with E-state index in [1.165, 1.54) is 0 Å². The third-order valence-corrected chi connectivity index (χ3v) is 3.99. The lowest BCUT2D eigenvalue weighted by molar-refractivity contribution is -0.133. The lowest BCUT2D eigenvalue weighted by Gasteiger charge is -2.35.